The number of hydrogen-bond acceptors (Lipinski definition) is 2. The summed E-state index contributed by atoms with van der Waals surface area (Å²) < 4.78 is 6.47. The summed E-state index contributed by atoms with van der Waals surface area (Å²) in [7, 11) is 0. The van der Waals surface area contributed by atoms with Crippen molar-refractivity contribution in [2.45, 2.75) is 25.7 Å². The molecule has 2 nitrogen and oxygen atoms in total. The summed E-state index contributed by atoms with van der Waals surface area (Å²) in [5, 5.41) is 4.81. The summed E-state index contributed by atoms with van der Waals surface area (Å²) in [6.45, 7) is 4.70. The van der Waals surface area contributed by atoms with Gasteiger partial charge in [0.1, 0.15) is 11.2 Å². The van der Waals surface area contributed by atoms with E-state index >= 15 is 0 Å². The highest BCUT2D eigenvalue weighted by Gasteiger charge is 2.37. The van der Waals surface area contributed by atoms with Gasteiger partial charge in [0, 0.05) is 33.5 Å². The zero-order valence-corrected chi connectivity index (χ0v) is 27.7. The Hall–Kier alpha value is -5.99. The molecule has 0 bridgehead atoms. The molecule has 0 amide bonds. The molecule has 0 fully saturated rings. The van der Waals surface area contributed by atoms with E-state index in [0.717, 1.165) is 44.3 Å². The first-order valence-electron chi connectivity index (χ1n) is 17.0. The van der Waals surface area contributed by atoms with Crippen LogP contribution in [0.3, 0.4) is 0 Å². The highest BCUT2D eigenvalue weighted by molar-refractivity contribution is 6.09. The molecule has 0 saturated heterocycles. The number of aliphatic imine (C=N–C) groups is 1. The van der Waals surface area contributed by atoms with Crippen LogP contribution < -0.4 is 0 Å². The van der Waals surface area contributed by atoms with Gasteiger partial charge in [0.15, 0.2) is 0 Å². The second-order valence-corrected chi connectivity index (χ2v) is 13.5. The van der Waals surface area contributed by atoms with E-state index in [0.29, 0.717) is 6.42 Å². The summed E-state index contributed by atoms with van der Waals surface area (Å²) in [6.07, 6.45) is 5.01. The normalized spacial score (nSPS) is 13.8. The number of allylic oxidation sites excluding steroid dienone is 1. The van der Waals surface area contributed by atoms with Gasteiger partial charge in [-0.1, -0.05) is 153 Å². The van der Waals surface area contributed by atoms with Crippen molar-refractivity contribution in [3.05, 3.63) is 186 Å². The predicted molar refractivity (Wildman–Crippen MR) is 206 cm³/mol. The van der Waals surface area contributed by atoms with Crippen molar-refractivity contribution in [1.82, 2.24) is 0 Å². The zero-order valence-electron chi connectivity index (χ0n) is 27.7. The Balaban J connectivity index is 1.20. The summed E-state index contributed by atoms with van der Waals surface area (Å²) in [4.78, 5) is 5.24. The molecule has 1 aromatic heterocycles. The maximum Gasteiger partial charge on any atom is 0.143 e. The van der Waals surface area contributed by atoms with Crippen LogP contribution in [0, 0.1) is 0 Å². The van der Waals surface area contributed by atoms with Gasteiger partial charge in [0.25, 0.3) is 0 Å². The lowest BCUT2D eigenvalue weighted by molar-refractivity contribution is 0.661. The molecule has 7 aromatic carbocycles. The number of hydrogen-bond donors (Lipinski definition) is 0. The molecule has 1 aliphatic rings. The number of nitrogens with zero attached hydrogens (tertiary/aromatic N) is 1. The standard InChI is InChI=1S/C47H35NO/c1-47(2)41-24-13-23-39(45(41)40-28-33-17-6-7-18-34(33)29-42(40)47)43(48-30-31-14-4-3-5-15-31)27-26-32-16-8-9-19-35(32)37-21-12-22-38-36-20-10-11-25-44(36)49-46(37)38/h3-25,27-30H,26H2,1-2H3/b43-27-,48-30?. The fraction of sp³-hybridized carbons (Fsp3) is 0.0851. The van der Waals surface area contributed by atoms with Crippen LogP contribution in [0.1, 0.15) is 41.7 Å². The molecule has 0 radical (unpaired) electrons. The molecule has 0 aliphatic heterocycles. The Morgan fingerprint density at radius 1 is 0.612 bits per heavy atom. The number of benzene rings is 7. The molecule has 49 heavy (non-hydrogen) atoms. The van der Waals surface area contributed by atoms with Crippen LogP contribution in [0.25, 0.3) is 60.7 Å². The van der Waals surface area contributed by atoms with Crippen LogP contribution in [-0.2, 0) is 11.8 Å². The SMILES string of the molecule is CC1(C)c2cc3ccccc3cc2-c2c(/C(=C/Cc3ccccc3-c3cccc4c3oc3ccccc34)N=Cc3ccccc3)cccc21. The maximum atomic E-state index is 6.47. The van der Waals surface area contributed by atoms with E-state index < -0.39 is 0 Å². The van der Waals surface area contributed by atoms with E-state index in [1.54, 1.807) is 0 Å². The lowest BCUT2D eigenvalue weighted by Gasteiger charge is -2.22. The largest absolute Gasteiger partial charge is 0.455 e. The Bertz CT molecular complexity index is 2600. The lowest BCUT2D eigenvalue weighted by atomic mass is 9.81. The molecule has 1 aliphatic carbocycles. The number of para-hydroxylation sites is 2. The van der Waals surface area contributed by atoms with Gasteiger partial charge in [-0.15, -0.1) is 0 Å². The van der Waals surface area contributed by atoms with Crippen molar-refractivity contribution in [1.29, 1.82) is 0 Å². The van der Waals surface area contributed by atoms with Gasteiger partial charge in [-0.2, -0.15) is 0 Å². The molecule has 2 heteroatoms. The van der Waals surface area contributed by atoms with Gasteiger partial charge in [-0.25, -0.2) is 0 Å². The number of rotatable bonds is 6. The smallest absolute Gasteiger partial charge is 0.143 e. The first kappa shape index (κ1) is 29.2. The minimum atomic E-state index is -0.128. The average molecular weight is 630 g/mol. The molecular formula is C47H35NO. The molecule has 0 N–H and O–H groups in total. The molecule has 0 spiro atoms. The molecule has 234 valence electrons. The summed E-state index contributed by atoms with van der Waals surface area (Å²) in [5.41, 5.74) is 13.7. The monoisotopic (exact) mass is 629 g/mol. The van der Waals surface area contributed by atoms with Crippen LogP contribution in [0.5, 0.6) is 0 Å². The Kier molecular flexibility index (Phi) is 6.91. The molecule has 9 rings (SSSR count). The van der Waals surface area contributed by atoms with E-state index in [1.165, 1.54) is 44.2 Å². The minimum absolute atomic E-state index is 0.128. The number of fused-ring (bicyclic) bond motifs is 7. The van der Waals surface area contributed by atoms with Gasteiger partial charge in [0.05, 0.1) is 5.70 Å². The average Bonchev–Trinajstić information content (AvgIpc) is 3.63. The van der Waals surface area contributed by atoms with Gasteiger partial charge in [0.2, 0.25) is 0 Å². The minimum Gasteiger partial charge on any atom is -0.455 e. The third-order valence-corrected chi connectivity index (χ3v) is 10.2. The van der Waals surface area contributed by atoms with E-state index in [-0.39, 0.29) is 5.41 Å². The van der Waals surface area contributed by atoms with Gasteiger partial charge >= 0.3 is 0 Å². The molecule has 1 heterocycles. The van der Waals surface area contributed by atoms with Crippen molar-refractivity contribution >= 4 is 44.6 Å². The predicted octanol–water partition coefficient (Wildman–Crippen LogP) is 12.4. The van der Waals surface area contributed by atoms with Gasteiger partial charge in [-0.05, 0) is 74.3 Å². The first-order valence-corrected chi connectivity index (χ1v) is 17.0. The highest BCUT2D eigenvalue weighted by Crippen LogP contribution is 2.52. The van der Waals surface area contributed by atoms with Crippen molar-refractivity contribution in [2.24, 2.45) is 4.99 Å². The number of furan rings is 1. The third-order valence-electron chi connectivity index (χ3n) is 10.2. The lowest BCUT2D eigenvalue weighted by Crippen LogP contribution is -2.15. The molecule has 0 unspecified atom stereocenters. The Morgan fingerprint density at radius 3 is 2.18 bits per heavy atom. The second kappa shape index (κ2) is 11.6. The molecule has 8 aromatic rings. The molecule has 0 saturated carbocycles. The highest BCUT2D eigenvalue weighted by atomic mass is 16.3. The summed E-state index contributed by atoms with van der Waals surface area (Å²) in [6, 6.07) is 54.0. The summed E-state index contributed by atoms with van der Waals surface area (Å²) >= 11 is 0. The summed E-state index contributed by atoms with van der Waals surface area (Å²) in [5.74, 6) is 0. The Morgan fingerprint density at radius 2 is 1.31 bits per heavy atom. The Labute approximate surface area is 286 Å². The van der Waals surface area contributed by atoms with Gasteiger partial charge < -0.3 is 4.42 Å². The maximum absolute atomic E-state index is 6.47. The molecule has 0 atom stereocenters. The van der Waals surface area contributed by atoms with Crippen LogP contribution >= 0.6 is 0 Å². The fourth-order valence-corrected chi connectivity index (χ4v) is 7.73. The van der Waals surface area contributed by atoms with E-state index in [2.05, 4.69) is 153 Å². The first-order chi connectivity index (χ1) is 24.1. The second-order valence-electron chi connectivity index (χ2n) is 13.5. The van der Waals surface area contributed by atoms with Gasteiger partial charge in [-0.3, -0.25) is 4.99 Å². The van der Waals surface area contributed by atoms with Crippen molar-refractivity contribution in [3.63, 3.8) is 0 Å². The van der Waals surface area contributed by atoms with Crippen molar-refractivity contribution in [3.8, 4) is 22.3 Å². The topological polar surface area (TPSA) is 25.5 Å². The van der Waals surface area contributed by atoms with Crippen LogP contribution in [-0.4, -0.2) is 6.21 Å². The van der Waals surface area contributed by atoms with E-state index in [4.69, 9.17) is 9.41 Å². The van der Waals surface area contributed by atoms with E-state index in [9.17, 15) is 0 Å². The quantitative estimate of drug-likeness (QED) is 0.168. The molecular weight excluding hydrogens is 595 g/mol. The van der Waals surface area contributed by atoms with Crippen molar-refractivity contribution < 1.29 is 4.42 Å². The fourth-order valence-electron chi connectivity index (χ4n) is 7.73. The van der Waals surface area contributed by atoms with Crippen LogP contribution in [0.4, 0.5) is 0 Å². The van der Waals surface area contributed by atoms with Crippen LogP contribution in [0.2, 0.25) is 0 Å². The van der Waals surface area contributed by atoms with E-state index in [1.807, 2.05) is 24.4 Å². The zero-order chi connectivity index (χ0) is 33.0. The van der Waals surface area contributed by atoms with Crippen molar-refractivity contribution in [2.75, 3.05) is 0 Å². The van der Waals surface area contributed by atoms with Crippen LogP contribution in [0.15, 0.2) is 167 Å². The third kappa shape index (κ3) is 4.91.